The Labute approximate surface area is 75.8 Å². The lowest BCUT2D eigenvalue weighted by Crippen LogP contribution is -2.09. The van der Waals surface area contributed by atoms with Gasteiger partial charge < -0.3 is 9.47 Å². The van der Waals surface area contributed by atoms with Gasteiger partial charge in [-0.25, -0.2) is 4.89 Å². The first-order valence-corrected chi connectivity index (χ1v) is 3.84. The first kappa shape index (κ1) is 12.2. The van der Waals surface area contributed by atoms with Crippen molar-refractivity contribution in [1.29, 1.82) is 0 Å². The van der Waals surface area contributed by atoms with Crippen LogP contribution in [0.2, 0.25) is 0 Å². The fraction of sp³-hybridized carbons (Fsp3) is 1.00. The Balaban J connectivity index is 2.87. The van der Waals surface area contributed by atoms with E-state index < -0.39 is 0 Å². The number of azide groups is 1. The molecule has 0 aliphatic heterocycles. The summed E-state index contributed by atoms with van der Waals surface area (Å²) in [6, 6.07) is 0. The van der Waals surface area contributed by atoms with Crippen LogP contribution in [0.25, 0.3) is 10.4 Å². The lowest BCUT2D eigenvalue weighted by molar-refractivity contribution is -0.249. The normalized spacial score (nSPS) is 9.62. The molecule has 0 saturated heterocycles. The van der Waals surface area contributed by atoms with Crippen molar-refractivity contribution in [2.75, 3.05) is 39.6 Å². The lowest BCUT2D eigenvalue weighted by atomic mass is 10.7. The zero-order valence-electron chi connectivity index (χ0n) is 7.26. The highest BCUT2D eigenvalue weighted by Gasteiger charge is 1.89. The van der Waals surface area contributed by atoms with Crippen LogP contribution in [-0.4, -0.2) is 44.8 Å². The van der Waals surface area contributed by atoms with Gasteiger partial charge in [0.1, 0.15) is 6.61 Å². The van der Waals surface area contributed by atoms with Gasteiger partial charge in [-0.3, -0.25) is 5.26 Å². The van der Waals surface area contributed by atoms with E-state index >= 15 is 0 Å². The van der Waals surface area contributed by atoms with Gasteiger partial charge in [-0.2, -0.15) is 0 Å². The van der Waals surface area contributed by atoms with Crippen LogP contribution in [-0.2, 0) is 14.4 Å². The Morgan fingerprint density at radius 2 is 1.69 bits per heavy atom. The minimum Gasteiger partial charge on any atom is -0.379 e. The molecule has 0 heterocycles. The molecule has 0 unspecified atom stereocenters. The molecule has 0 aliphatic rings. The number of hydrogen-bond acceptors (Lipinski definition) is 5. The number of hydrogen-bond donors (Lipinski definition) is 1. The highest BCUT2D eigenvalue weighted by molar-refractivity contribution is 4.43. The quantitative estimate of drug-likeness (QED) is 0.146. The molecule has 0 atom stereocenters. The monoisotopic (exact) mass is 191 g/mol. The van der Waals surface area contributed by atoms with Crippen LogP contribution in [0.1, 0.15) is 0 Å². The molecule has 76 valence electrons. The molecule has 13 heavy (non-hydrogen) atoms. The Hall–Kier alpha value is -0.850. The maximum absolute atomic E-state index is 7.91. The second-order valence-corrected chi connectivity index (χ2v) is 2.01. The average molecular weight is 191 g/mol. The van der Waals surface area contributed by atoms with Gasteiger partial charge in [-0.1, -0.05) is 5.11 Å². The van der Waals surface area contributed by atoms with Crippen LogP contribution >= 0.6 is 0 Å². The molecule has 0 saturated carbocycles. The third-order valence-electron chi connectivity index (χ3n) is 1.09. The maximum Gasteiger partial charge on any atom is 0.105 e. The fourth-order valence-electron chi connectivity index (χ4n) is 0.568. The summed E-state index contributed by atoms with van der Waals surface area (Å²) in [6.07, 6.45) is 0. The summed E-state index contributed by atoms with van der Waals surface area (Å²) < 4.78 is 9.99. The Bertz CT molecular complexity index is 149. The van der Waals surface area contributed by atoms with Crippen molar-refractivity contribution < 1.29 is 19.6 Å². The molecule has 0 spiro atoms. The highest BCUT2D eigenvalue weighted by Crippen LogP contribution is 1.80. The Morgan fingerprint density at radius 3 is 2.31 bits per heavy atom. The molecule has 1 N–H and O–H groups in total. The summed E-state index contributed by atoms with van der Waals surface area (Å²) in [6.45, 7) is 2.07. The van der Waals surface area contributed by atoms with Crippen molar-refractivity contribution in [2.45, 2.75) is 0 Å². The summed E-state index contributed by atoms with van der Waals surface area (Å²) >= 11 is 0. The van der Waals surface area contributed by atoms with E-state index in [4.69, 9.17) is 20.3 Å². The van der Waals surface area contributed by atoms with Crippen LogP contribution in [0.5, 0.6) is 0 Å². The predicted molar refractivity (Wildman–Crippen MR) is 44.2 cm³/mol. The maximum atomic E-state index is 7.91. The summed E-state index contributed by atoms with van der Waals surface area (Å²) in [5.41, 5.74) is 7.91. The van der Waals surface area contributed by atoms with Crippen LogP contribution in [0.15, 0.2) is 5.11 Å². The Morgan fingerprint density at radius 1 is 1.08 bits per heavy atom. The van der Waals surface area contributed by atoms with Gasteiger partial charge in [0, 0.05) is 11.5 Å². The minimum atomic E-state index is 0.152. The van der Waals surface area contributed by atoms with E-state index in [0.717, 1.165) is 0 Å². The molecule has 0 aromatic heterocycles. The second kappa shape index (κ2) is 11.2. The van der Waals surface area contributed by atoms with E-state index in [2.05, 4.69) is 14.9 Å². The Kier molecular flexibility index (Phi) is 10.4. The van der Waals surface area contributed by atoms with E-state index in [1.165, 1.54) is 0 Å². The van der Waals surface area contributed by atoms with Gasteiger partial charge in [0.25, 0.3) is 0 Å². The van der Waals surface area contributed by atoms with Gasteiger partial charge in [-0.05, 0) is 5.53 Å². The highest BCUT2D eigenvalue weighted by atomic mass is 17.1. The molecule has 0 bridgehead atoms. The van der Waals surface area contributed by atoms with E-state index in [1.807, 2.05) is 0 Å². The van der Waals surface area contributed by atoms with Crippen LogP contribution in [0, 0.1) is 0 Å². The number of nitrogens with zero attached hydrogens (tertiary/aromatic N) is 3. The molecule has 0 aromatic carbocycles. The second-order valence-electron chi connectivity index (χ2n) is 2.01. The van der Waals surface area contributed by atoms with Crippen molar-refractivity contribution >= 4 is 0 Å². The van der Waals surface area contributed by atoms with Crippen molar-refractivity contribution in [1.82, 2.24) is 0 Å². The summed E-state index contributed by atoms with van der Waals surface area (Å²) in [7, 11) is 0. The average Bonchev–Trinajstić information content (AvgIpc) is 2.16. The van der Waals surface area contributed by atoms with Crippen LogP contribution in [0.4, 0.5) is 0 Å². The standard InChI is InChI=1S/C6H13N3O4/c7-9-8-1-2-11-3-4-12-5-6-13-10/h10H,1-6H2. The minimum absolute atomic E-state index is 0.152. The molecular weight excluding hydrogens is 178 g/mol. The van der Waals surface area contributed by atoms with Crippen molar-refractivity contribution in [3.63, 3.8) is 0 Å². The van der Waals surface area contributed by atoms with E-state index in [1.54, 1.807) is 0 Å². The topological polar surface area (TPSA) is 96.7 Å². The largest absolute Gasteiger partial charge is 0.379 e. The summed E-state index contributed by atoms with van der Waals surface area (Å²) in [5.74, 6) is 0. The van der Waals surface area contributed by atoms with Gasteiger partial charge in [0.15, 0.2) is 0 Å². The third-order valence-corrected chi connectivity index (χ3v) is 1.09. The van der Waals surface area contributed by atoms with Gasteiger partial charge in [0.05, 0.1) is 26.4 Å². The zero-order chi connectivity index (χ0) is 9.78. The van der Waals surface area contributed by atoms with Crippen molar-refractivity contribution in [3.8, 4) is 0 Å². The molecule has 7 nitrogen and oxygen atoms in total. The van der Waals surface area contributed by atoms with E-state index in [9.17, 15) is 0 Å². The molecule has 0 radical (unpaired) electrons. The number of rotatable bonds is 9. The molecule has 0 fully saturated rings. The van der Waals surface area contributed by atoms with E-state index in [0.29, 0.717) is 33.0 Å². The number of ether oxygens (including phenoxy) is 2. The predicted octanol–water partition coefficient (Wildman–Crippen LogP) is 0.819. The first-order valence-electron chi connectivity index (χ1n) is 3.84. The molecule has 0 aromatic rings. The van der Waals surface area contributed by atoms with Gasteiger partial charge >= 0.3 is 0 Å². The molecular formula is C6H13N3O4. The SMILES string of the molecule is [N-]=[N+]=NCCOCCOCCOO. The van der Waals surface area contributed by atoms with Crippen molar-refractivity contribution in [2.24, 2.45) is 5.11 Å². The zero-order valence-corrected chi connectivity index (χ0v) is 7.26. The summed E-state index contributed by atoms with van der Waals surface area (Å²) in [5, 5.41) is 11.2. The van der Waals surface area contributed by atoms with Crippen LogP contribution in [0.3, 0.4) is 0 Å². The summed E-state index contributed by atoms with van der Waals surface area (Å²) in [4.78, 5) is 6.34. The van der Waals surface area contributed by atoms with E-state index in [-0.39, 0.29) is 6.61 Å². The molecule has 7 heteroatoms. The van der Waals surface area contributed by atoms with Crippen molar-refractivity contribution in [3.05, 3.63) is 10.4 Å². The smallest absolute Gasteiger partial charge is 0.105 e. The fourth-order valence-corrected chi connectivity index (χ4v) is 0.568. The third kappa shape index (κ3) is 11.1. The molecule has 0 aliphatic carbocycles. The molecule has 0 rings (SSSR count). The first-order chi connectivity index (χ1) is 6.41. The lowest BCUT2D eigenvalue weighted by Gasteiger charge is -2.02. The van der Waals surface area contributed by atoms with Gasteiger partial charge in [-0.15, -0.1) is 0 Å². The molecule has 0 amide bonds. The van der Waals surface area contributed by atoms with Crippen LogP contribution < -0.4 is 0 Å². The van der Waals surface area contributed by atoms with Gasteiger partial charge in [0.2, 0.25) is 0 Å².